The van der Waals surface area contributed by atoms with Crippen LogP contribution in [0.5, 0.6) is 0 Å². The molecule has 0 spiro atoms. The maximum Gasteiger partial charge on any atom is 0.239 e. The highest BCUT2D eigenvalue weighted by molar-refractivity contribution is 5.81. The van der Waals surface area contributed by atoms with E-state index < -0.39 is 0 Å². The van der Waals surface area contributed by atoms with Gasteiger partial charge in [-0.1, -0.05) is 20.8 Å². The Kier molecular flexibility index (Phi) is 6.54. The molecule has 0 aromatic heterocycles. The molecule has 0 saturated carbocycles. The third-order valence-corrected chi connectivity index (χ3v) is 2.36. The molecule has 0 radical (unpaired) electrons. The first-order chi connectivity index (χ1) is 6.61. The van der Waals surface area contributed by atoms with E-state index in [9.17, 15) is 4.79 Å². The molecule has 2 N–H and O–H groups in total. The Morgan fingerprint density at radius 3 is 2.50 bits per heavy atom. The molecule has 1 aliphatic rings. The van der Waals surface area contributed by atoms with Crippen molar-refractivity contribution in [3.8, 4) is 0 Å². The van der Waals surface area contributed by atoms with Crippen molar-refractivity contribution in [1.29, 1.82) is 0 Å². The third kappa shape index (κ3) is 4.09. The van der Waals surface area contributed by atoms with E-state index in [2.05, 4.69) is 6.92 Å². The fraction of sp³-hybridized carbons (Fsp3) is 0.909. The first-order valence-corrected chi connectivity index (χ1v) is 5.65. The zero-order valence-electron chi connectivity index (χ0n) is 9.92. The van der Waals surface area contributed by atoms with E-state index in [-0.39, 0.29) is 11.9 Å². The SMILES string of the molecule is CC.CC1CCCN(C(=O)C(C)N)C1. The van der Waals surface area contributed by atoms with Crippen LogP contribution in [0, 0.1) is 5.92 Å². The van der Waals surface area contributed by atoms with Crippen LogP contribution in [0.1, 0.15) is 40.5 Å². The number of hydrogen-bond acceptors (Lipinski definition) is 2. The molecule has 1 rings (SSSR count). The van der Waals surface area contributed by atoms with Crippen LogP contribution in [0.4, 0.5) is 0 Å². The molecule has 2 atom stereocenters. The lowest BCUT2D eigenvalue weighted by atomic mass is 10.00. The molecule has 1 heterocycles. The lowest BCUT2D eigenvalue weighted by Gasteiger charge is -2.31. The van der Waals surface area contributed by atoms with Crippen molar-refractivity contribution in [3.05, 3.63) is 0 Å². The number of rotatable bonds is 1. The molecule has 0 aromatic carbocycles. The summed E-state index contributed by atoms with van der Waals surface area (Å²) in [6.45, 7) is 9.72. The van der Waals surface area contributed by atoms with Gasteiger partial charge in [-0.3, -0.25) is 4.79 Å². The molecule has 1 aliphatic heterocycles. The predicted octanol–water partition coefficient (Wildman–Crippen LogP) is 1.62. The predicted molar refractivity (Wildman–Crippen MR) is 60.0 cm³/mol. The molecule has 1 saturated heterocycles. The van der Waals surface area contributed by atoms with Crippen molar-refractivity contribution < 1.29 is 4.79 Å². The molecule has 2 unspecified atom stereocenters. The zero-order valence-corrected chi connectivity index (χ0v) is 9.92. The molecule has 14 heavy (non-hydrogen) atoms. The Bertz CT molecular complexity index is 169. The zero-order chi connectivity index (χ0) is 11.1. The monoisotopic (exact) mass is 200 g/mol. The van der Waals surface area contributed by atoms with Crippen molar-refractivity contribution in [2.45, 2.75) is 46.6 Å². The van der Waals surface area contributed by atoms with Crippen molar-refractivity contribution in [1.82, 2.24) is 4.90 Å². The Morgan fingerprint density at radius 2 is 2.07 bits per heavy atom. The fourth-order valence-electron chi connectivity index (χ4n) is 1.68. The highest BCUT2D eigenvalue weighted by Crippen LogP contribution is 2.15. The number of nitrogens with zero attached hydrogens (tertiary/aromatic N) is 1. The van der Waals surface area contributed by atoms with Gasteiger partial charge in [0.1, 0.15) is 0 Å². The minimum absolute atomic E-state index is 0.0987. The topological polar surface area (TPSA) is 46.3 Å². The summed E-state index contributed by atoms with van der Waals surface area (Å²) >= 11 is 0. The van der Waals surface area contributed by atoms with Gasteiger partial charge in [0, 0.05) is 13.1 Å². The molecule has 0 aromatic rings. The van der Waals surface area contributed by atoms with Gasteiger partial charge < -0.3 is 10.6 Å². The van der Waals surface area contributed by atoms with Crippen LogP contribution in [-0.2, 0) is 4.79 Å². The second-order valence-electron chi connectivity index (χ2n) is 3.82. The smallest absolute Gasteiger partial charge is 0.239 e. The second-order valence-corrected chi connectivity index (χ2v) is 3.82. The van der Waals surface area contributed by atoms with Gasteiger partial charge in [-0.25, -0.2) is 0 Å². The van der Waals surface area contributed by atoms with Gasteiger partial charge in [-0.2, -0.15) is 0 Å². The maximum absolute atomic E-state index is 11.4. The molecule has 1 fully saturated rings. The van der Waals surface area contributed by atoms with E-state index in [4.69, 9.17) is 5.73 Å². The molecule has 3 nitrogen and oxygen atoms in total. The number of nitrogens with two attached hydrogens (primary N) is 1. The summed E-state index contributed by atoms with van der Waals surface area (Å²) < 4.78 is 0. The highest BCUT2D eigenvalue weighted by Gasteiger charge is 2.22. The number of carbonyl (C=O) groups excluding carboxylic acids is 1. The lowest BCUT2D eigenvalue weighted by Crippen LogP contribution is -2.46. The van der Waals surface area contributed by atoms with Gasteiger partial charge in [-0.15, -0.1) is 0 Å². The number of likely N-dealkylation sites (tertiary alicyclic amines) is 1. The van der Waals surface area contributed by atoms with E-state index in [1.807, 2.05) is 18.7 Å². The summed E-state index contributed by atoms with van der Waals surface area (Å²) in [4.78, 5) is 13.3. The third-order valence-electron chi connectivity index (χ3n) is 2.36. The van der Waals surface area contributed by atoms with Crippen LogP contribution in [0.2, 0.25) is 0 Å². The summed E-state index contributed by atoms with van der Waals surface area (Å²) in [7, 11) is 0. The number of piperidine rings is 1. The summed E-state index contributed by atoms with van der Waals surface area (Å²) in [5, 5.41) is 0. The summed E-state index contributed by atoms with van der Waals surface area (Å²) in [6.07, 6.45) is 2.36. The van der Waals surface area contributed by atoms with Crippen LogP contribution in [0.15, 0.2) is 0 Å². The average Bonchev–Trinajstić information content (AvgIpc) is 2.19. The van der Waals surface area contributed by atoms with Gasteiger partial charge in [0.25, 0.3) is 0 Å². The minimum atomic E-state index is -0.338. The van der Waals surface area contributed by atoms with E-state index in [1.165, 1.54) is 6.42 Å². The first-order valence-electron chi connectivity index (χ1n) is 5.65. The summed E-state index contributed by atoms with van der Waals surface area (Å²) in [5.74, 6) is 0.739. The van der Waals surface area contributed by atoms with Crippen LogP contribution in [0.3, 0.4) is 0 Å². The Hall–Kier alpha value is -0.570. The Morgan fingerprint density at radius 1 is 1.50 bits per heavy atom. The van der Waals surface area contributed by atoms with Crippen LogP contribution < -0.4 is 5.73 Å². The van der Waals surface area contributed by atoms with Crippen molar-refractivity contribution in [3.63, 3.8) is 0 Å². The van der Waals surface area contributed by atoms with Gasteiger partial charge in [0.15, 0.2) is 0 Å². The minimum Gasteiger partial charge on any atom is -0.341 e. The quantitative estimate of drug-likeness (QED) is 0.699. The van der Waals surface area contributed by atoms with Gasteiger partial charge >= 0.3 is 0 Å². The summed E-state index contributed by atoms with van der Waals surface area (Å²) in [6, 6.07) is -0.338. The molecule has 84 valence electrons. The van der Waals surface area contributed by atoms with E-state index >= 15 is 0 Å². The van der Waals surface area contributed by atoms with Crippen molar-refractivity contribution in [2.24, 2.45) is 11.7 Å². The maximum atomic E-state index is 11.4. The van der Waals surface area contributed by atoms with Gasteiger partial charge in [0.2, 0.25) is 5.91 Å². The number of carbonyl (C=O) groups is 1. The Balaban J connectivity index is 0.000000791. The number of amides is 1. The van der Waals surface area contributed by atoms with E-state index in [1.54, 1.807) is 6.92 Å². The standard InChI is InChI=1S/C9H18N2O.C2H6/c1-7-4-3-5-11(6-7)9(12)8(2)10;1-2/h7-8H,3-6,10H2,1-2H3;1-2H3. The molecular formula is C11H24N2O. The molecule has 1 amide bonds. The van der Waals surface area contributed by atoms with Gasteiger partial charge in [-0.05, 0) is 25.7 Å². The fourth-order valence-corrected chi connectivity index (χ4v) is 1.68. The van der Waals surface area contributed by atoms with Crippen LogP contribution >= 0.6 is 0 Å². The molecule has 0 bridgehead atoms. The summed E-state index contributed by atoms with van der Waals surface area (Å²) in [5.41, 5.74) is 5.52. The second kappa shape index (κ2) is 6.82. The van der Waals surface area contributed by atoms with E-state index in [0.717, 1.165) is 19.5 Å². The first kappa shape index (κ1) is 13.4. The number of hydrogen-bond donors (Lipinski definition) is 1. The largest absolute Gasteiger partial charge is 0.341 e. The average molecular weight is 200 g/mol. The van der Waals surface area contributed by atoms with Crippen molar-refractivity contribution >= 4 is 5.91 Å². The molecule has 3 heteroatoms. The van der Waals surface area contributed by atoms with E-state index in [0.29, 0.717) is 5.92 Å². The highest BCUT2D eigenvalue weighted by atomic mass is 16.2. The van der Waals surface area contributed by atoms with Crippen LogP contribution in [0.25, 0.3) is 0 Å². The van der Waals surface area contributed by atoms with Crippen LogP contribution in [-0.4, -0.2) is 29.9 Å². The van der Waals surface area contributed by atoms with Crippen molar-refractivity contribution in [2.75, 3.05) is 13.1 Å². The Labute approximate surface area is 87.6 Å². The van der Waals surface area contributed by atoms with Gasteiger partial charge in [0.05, 0.1) is 6.04 Å². The molecular weight excluding hydrogens is 176 g/mol. The normalized spacial score (nSPS) is 23.5. The lowest BCUT2D eigenvalue weighted by molar-refractivity contribution is -0.133. The molecule has 0 aliphatic carbocycles.